The van der Waals surface area contributed by atoms with E-state index < -0.39 is 0 Å². The first kappa shape index (κ1) is 15.2. The molecule has 1 N–H and O–H groups in total. The van der Waals surface area contributed by atoms with E-state index in [-0.39, 0.29) is 0 Å². The number of halogens is 2. The Kier molecular flexibility index (Phi) is 5.18. The predicted octanol–water partition coefficient (Wildman–Crippen LogP) is 5.46. The van der Waals surface area contributed by atoms with E-state index in [0.29, 0.717) is 17.9 Å². The fraction of sp³-hybridized carbons (Fsp3) is 0.600. The van der Waals surface area contributed by atoms with Gasteiger partial charge in [-0.15, -0.1) is 0 Å². The molecule has 0 saturated heterocycles. The highest BCUT2D eigenvalue weighted by Gasteiger charge is 2.28. The molecule has 2 rings (SSSR count). The number of hydrogen-bond acceptors (Lipinski definition) is 2. The molecule has 0 spiro atoms. The van der Waals surface area contributed by atoms with Gasteiger partial charge in [0.25, 0.3) is 0 Å². The van der Waals surface area contributed by atoms with Crippen molar-refractivity contribution in [3.63, 3.8) is 0 Å². The molecule has 0 bridgehead atoms. The van der Waals surface area contributed by atoms with Crippen LogP contribution in [-0.2, 0) is 0 Å². The Morgan fingerprint density at radius 3 is 2.32 bits per heavy atom. The summed E-state index contributed by atoms with van der Waals surface area (Å²) in [5, 5.41) is 3.70. The van der Waals surface area contributed by atoms with E-state index in [0.717, 1.165) is 20.4 Å². The highest BCUT2D eigenvalue weighted by Crippen LogP contribution is 2.37. The number of nitrogens with one attached hydrogen (secondary N) is 1. The van der Waals surface area contributed by atoms with Crippen LogP contribution in [-0.4, -0.2) is 13.2 Å². The molecule has 1 aliphatic rings. The molecule has 1 aliphatic carbocycles. The zero-order chi connectivity index (χ0) is 14.0. The average Bonchev–Trinajstić information content (AvgIpc) is 2.36. The molecule has 0 aliphatic heterocycles. The van der Waals surface area contributed by atoms with Crippen LogP contribution in [0.2, 0.25) is 0 Å². The van der Waals surface area contributed by atoms with Gasteiger partial charge in [-0.3, -0.25) is 0 Å². The van der Waals surface area contributed by atoms with Crippen LogP contribution >= 0.6 is 31.9 Å². The molecule has 1 saturated carbocycles. The summed E-state index contributed by atoms with van der Waals surface area (Å²) in [6.45, 7) is 4.69. The van der Waals surface area contributed by atoms with Gasteiger partial charge in [0.2, 0.25) is 0 Å². The first-order valence-electron chi connectivity index (χ1n) is 6.82. The molecule has 2 nitrogen and oxygen atoms in total. The standard InChI is InChI=1S/C15H21Br2NO/c1-9-5-4-6-10(2)15(9)18-13-8-14(19-3)12(17)7-11(13)16/h7-10,15,18H,4-6H2,1-3H3. The van der Waals surface area contributed by atoms with Crippen LogP contribution in [0.25, 0.3) is 0 Å². The van der Waals surface area contributed by atoms with Crippen LogP contribution in [0.3, 0.4) is 0 Å². The van der Waals surface area contributed by atoms with E-state index in [9.17, 15) is 0 Å². The fourth-order valence-electron chi connectivity index (χ4n) is 2.94. The second-order valence-corrected chi connectivity index (χ2v) is 7.23. The molecule has 106 valence electrons. The van der Waals surface area contributed by atoms with Gasteiger partial charge in [0.15, 0.2) is 0 Å². The van der Waals surface area contributed by atoms with Crippen molar-refractivity contribution in [3.05, 3.63) is 21.1 Å². The SMILES string of the molecule is COc1cc(NC2C(C)CCCC2C)c(Br)cc1Br. The molecular weight excluding hydrogens is 370 g/mol. The minimum absolute atomic E-state index is 0.538. The second-order valence-electron chi connectivity index (χ2n) is 5.52. The minimum Gasteiger partial charge on any atom is -0.495 e. The lowest BCUT2D eigenvalue weighted by Crippen LogP contribution is -2.37. The van der Waals surface area contributed by atoms with Crippen molar-refractivity contribution in [2.45, 2.75) is 39.2 Å². The summed E-state index contributed by atoms with van der Waals surface area (Å²) in [7, 11) is 1.70. The molecule has 0 amide bonds. The highest BCUT2D eigenvalue weighted by atomic mass is 79.9. The summed E-state index contributed by atoms with van der Waals surface area (Å²) < 4.78 is 7.42. The Balaban J connectivity index is 2.22. The Hall–Kier alpha value is -0.220. The van der Waals surface area contributed by atoms with Gasteiger partial charge in [0.1, 0.15) is 5.75 Å². The van der Waals surface area contributed by atoms with Crippen LogP contribution in [0.4, 0.5) is 5.69 Å². The topological polar surface area (TPSA) is 21.3 Å². The highest BCUT2D eigenvalue weighted by molar-refractivity contribution is 9.11. The molecule has 4 heteroatoms. The van der Waals surface area contributed by atoms with Gasteiger partial charge >= 0.3 is 0 Å². The Bertz CT molecular complexity index is 440. The number of ether oxygens (including phenoxy) is 1. The number of benzene rings is 1. The zero-order valence-corrected chi connectivity index (χ0v) is 14.8. The fourth-order valence-corrected chi connectivity index (χ4v) is 4.21. The molecule has 19 heavy (non-hydrogen) atoms. The molecule has 2 atom stereocenters. The molecule has 0 heterocycles. The maximum atomic E-state index is 5.38. The molecule has 1 aromatic carbocycles. The lowest BCUT2D eigenvalue weighted by atomic mass is 9.78. The van der Waals surface area contributed by atoms with Crippen LogP contribution in [0, 0.1) is 11.8 Å². The van der Waals surface area contributed by atoms with Crippen LogP contribution in [0.5, 0.6) is 5.75 Å². The molecule has 1 aromatic rings. The van der Waals surface area contributed by atoms with Crippen molar-refractivity contribution in [3.8, 4) is 5.75 Å². The summed E-state index contributed by atoms with van der Waals surface area (Å²) >= 11 is 7.14. The average molecular weight is 391 g/mol. The van der Waals surface area contributed by atoms with Crippen LogP contribution in [0.15, 0.2) is 21.1 Å². The number of rotatable bonds is 3. The van der Waals surface area contributed by atoms with E-state index in [1.807, 2.05) is 6.07 Å². The van der Waals surface area contributed by atoms with E-state index in [1.165, 1.54) is 19.3 Å². The second kappa shape index (κ2) is 6.49. The zero-order valence-electron chi connectivity index (χ0n) is 11.7. The summed E-state index contributed by atoms with van der Waals surface area (Å²) in [5.74, 6) is 2.29. The Morgan fingerprint density at radius 1 is 1.11 bits per heavy atom. The van der Waals surface area contributed by atoms with Crippen molar-refractivity contribution in [2.75, 3.05) is 12.4 Å². The predicted molar refractivity (Wildman–Crippen MR) is 88.0 cm³/mol. The van der Waals surface area contributed by atoms with Crippen molar-refractivity contribution in [1.29, 1.82) is 0 Å². The van der Waals surface area contributed by atoms with Crippen molar-refractivity contribution < 1.29 is 4.74 Å². The summed E-state index contributed by atoms with van der Waals surface area (Å²) in [6.07, 6.45) is 3.98. The van der Waals surface area contributed by atoms with Gasteiger partial charge in [-0.2, -0.15) is 0 Å². The van der Waals surface area contributed by atoms with Crippen LogP contribution in [0.1, 0.15) is 33.1 Å². The first-order chi connectivity index (χ1) is 9.02. The van der Waals surface area contributed by atoms with Gasteiger partial charge < -0.3 is 10.1 Å². The summed E-state index contributed by atoms with van der Waals surface area (Å²) in [5.41, 5.74) is 1.12. The van der Waals surface area contributed by atoms with E-state index in [1.54, 1.807) is 7.11 Å². The van der Waals surface area contributed by atoms with Crippen LogP contribution < -0.4 is 10.1 Å². The van der Waals surface area contributed by atoms with Gasteiger partial charge in [-0.25, -0.2) is 0 Å². The third kappa shape index (κ3) is 3.46. The lowest BCUT2D eigenvalue weighted by molar-refractivity contribution is 0.268. The van der Waals surface area contributed by atoms with Crippen molar-refractivity contribution >= 4 is 37.5 Å². The van der Waals surface area contributed by atoms with Gasteiger partial charge in [-0.05, 0) is 62.6 Å². The number of hydrogen-bond donors (Lipinski definition) is 1. The van der Waals surface area contributed by atoms with E-state index in [2.05, 4.69) is 57.1 Å². The molecule has 2 unspecified atom stereocenters. The maximum Gasteiger partial charge on any atom is 0.135 e. The first-order valence-corrected chi connectivity index (χ1v) is 8.41. The minimum atomic E-state index is 0.538. The quantitative estimate of drug-likeness (QED) is 0.739. The molecule has 0 aromatic heterocycles. The Morgan fingerprint density at radius 2 is 1.74 bits per heavy atom. The Labute approximate surface area is 132 Å². The molecule has 1 fully saturated rings. The largest absolute Gasteiger partial charge is 0.495 e. The molecular formula is C15H21Br2NO. The number of anilines is 1. The molecule has 0 radical (unpaired) electrons. The van der Waals surface area contributed by atoms with Gasteiger partial charge in [0.05, 0.1) is 17.3 Å². The normalized spacial score (nSPS) is 27.1. The lowest BCUT2D eigenvalue weighted by Gasteiger charge is -2.36. The maximum absolute atomic E-state index is 5.38. The summed E-state index contributed by atoms with van der Waals surface area (Å²) in [6, 6.07) is 4.64. The van der Waals surface area contributed by atoms with Gasteiger partial charge in [-0.1, -0.05) is 20.3 Å². The third-order valence-electron chi connectivity index (χ3n) is 4.11. The smallest absolute Gasteiger partial charge is 0.135 e. The third-order valence-corrected chi connectivity index (χ3v) is 5.38. The van der Waals surface area contributed by atoms with Gasteiger partial charge in [0, 0.05) is 16.6 Å². The summed E-state index contributed by atoms with van der Waals surface area (Å²) in [4.78, 5) is 0. The monoisotopic (exact) mass is 389 g/mol. The van der Waals surface area contributed by atoms with Crippen molar-refractivity contribution in [2.24, 2.45) is 11.8 Å². The number of methoxy groups -OCH3 is 1. The van der Waals surface area contributed by atoms with Crippen molar-refractivity contribution in [1.82, 2.24) is 0 Å². The van der Waals surface area contributed by atoms with E-state index in [4.69, 9.17) is 4.74 Å². The van der Waals surface area contributed by atoms with E-state index >= 15 is 0 Å².